The minimum Gasteiger partial charge on any atom is -0.497 e. The molecule has 1 aliphatic carbocycles. The average molecular weight is 378 g/mol. The van der Waals surface area contributed by atoms with Gasteiger partial charge in [0, 0.05) is 11.4 Å². The molecular weight excluding hydrogens is 354 g/mol. The van der Waals surface area contributed by atoms with Crippen molar-refractivity contribution in [2.75, 3.05) is 13.7 Å². The lowest BCUT2D eigenvalue weighted by Gasteiger charge is -2.16. The maximum atomic E-state index is 12.6. The first-order valence-corrected chi connectivity index (χ1v) is 10.1. The summed E-state index contributed by atoms with van der Waals surface area (Å²) in [4.78, 5) is 14.6. The monoisotopic (exact) mass is 377 g/mol. The molecule has 0 spiro atoms. The van der Waals surface area contributed by atoms with Crippen molar-refractivity contribution in [3.63, 3.8) is 0 Å². The normalized spacial score (nSPS) is 12.2. The molecule has 27 heavy (non-hydrogen) atoms. The molecule has 1 aromatic heterocycles. The Morgan fingerprint density at radius 1 is 1.07 bits per heavy atom. The SMILES string of the molecule is COc1ccc2c(c1)-c1sc(C(=O)NCCc3ccc(C)cc3)cc1CC2. The minimum absolute atomic E-state index is 0.0194. The molecule has 0 radical (unpaired) electrons. The van der Waals surface area contributed by atoms with E-state index >= 15 is 0 Å². The van der Waals surface area contributed by atoms with Crippen molar-refractivity contribution in [3.05, 3.63) is 75.7 Å². The summed E-state index contributed by atoms with van der Waals surface area (Å²) in [6, 6.07) is 16.7. The number of hydrogen-bond acceptors (Lipinski definition) is 3. The molecule has 0 bridgehead atoms. The lowest BCUT2D eigenvalue weighted by atomic mass is 9.91. The fraction of sp³-hybridized carbons (Fsp3) is 0.261. The van der Waals surface area contributed by atoms with Crippen LogP contribution in [-0.2, 0) is 19.3 Å². The van der Waals surface area contributed by atoms with E-state index in [0.717, 1.165) is 29.9 Å². The highest BCUT2D eigenvalue weighted by atomic mass is 32.1. The Labute approximate surface area is 164 Å². The molecule has 138 valence electrons. The van der Waals surface area contributed by atoms with Crippen LogP contribution in [0.5, 0.6) is 5.75 Å². The van der Waals surface area contributed by atoms with Gasteiger partial charge < -0.3 is 10.1 Å². The van der Waals surface area contributed by atoms with Crippen LogP contribution in [-0.4, -0.2) is 19.6 Å². The third kappa shape index (κ3) is 3.76. The molecule has 0 aliphatic heterocycles. The maximum Gasteiger partial charge on any atom is 0.261 e. The van der Waals surface area contributed by atoms with Crippen molar-refractivity contribution >= 4 is 17.2 Å². The third-order valence-electron chi connectivity index (χ3n) is 5.08. The Bertz CT molecular complexity index is 973. The molecule has 0 fully saturated rings. The fourth-order valence-electron chi connectivity index (χ4n) is 3.50. The molecule has 1 amide bonds. The predicted molar refractivity (Wildman–Crippen MR) is 111 cm³/mol. The van der Waals surface area contributed by atoms with Gasteiger partial charge in [-0.25, -0.2) is 0 Å². The van der Waals surface area contributed by atoms with Gasteiger partial charge in [-0.1, -0.05) is 35.9 Å². The topological polar surface area (TPSA) is 38.3 Å². The second-order valence-electron chi connectivity index (χ2n) is 6.98. The van der Waals surface area contributed by atoms with E-state index in [1.165, 1.54) is 32.7 Å². The van der Waals surface area contributed by atoms with Crippen molar-refractivity contribution < 1.29 is 9.53 Å². The molecule has 1 heterocycles. The second kappa shape index (κ2) is 7.57. The van der Waals surface area contributed by atoms with Crippen LogP contribution in [0.3, 0.4) is 0 Å². The number of ether oxygens (including phenoxy) is 1. The number of nitrogens with one attached hydrogen (secondary N) is 1. The van der Waals surface area contributed by atoms with Crippen molar-refractivity contribution in [2.24, 2.45) is 0 Å². The lowest BCUT2D eigenvalue weighted by molar-refractivity contribution is 0.0958. The van der Waals surface area contributed by atoms with Crippen LogP contribution in [0.4, 0.5) is 0 Å². The van der Waals surface area contributed by atoms with E-state index in [2.05, 4.69) is 54.7 Å². The molecule has 0 unspecified atom stereocenters. The second-order valence-corrected chi connectivity index (χ2v) is 8.03. The van der Waals surface area contributed by atoms with Crippen LogP contribution in [0.2, 0.25) is 0 Å². The number of methoxy groups -OCH3 is 1. The van der Waals surface area contributed by atoms with Gasteiger partial charge in [0.2, 0.25) is 0 Å². The number of rotatable bonds is 5. The summed E-state index contributed by atoms with van der Waals surface area (Å²) in [6.45, 7) is 2.73. The van der Waals surface area contributed by atoms with Crippen LogP contribution < -0.4 is 10.1 Å². The van der Waals surface area contributed by atoms with Crippen molar-refractivity contribution in [1.29, 1.82) is 0 Å². The van der Waals surface area contributed by atoms with Crippen LogP contribution in [0.1, 0.15) is 31.9 Å². The molecule has 4 rings (SSSR count). The Hall–Kier alpha value is -2.59. The first kappa shape index (κ1) is 17.8. The van der Waals surface area contributed by atoms with Gasteiger partial charge in [-0.2, -0.15) is 0 Å². The summed E-state index contributed by atoms with van der Waals surface area (Å²) in [6.07, 6.45) is 2.84. The Morgan fingerprint density at radius 2 is 1.85 bits per heavy atom. The standard InChI is InChI=1S/C23H23NO2S/c1-15-3-5-16(6-4-15)11-12-24-23(25)21-13-18-8-7-17-9-10-19(26-2)14-20(17)22(18)27-21/h3-6,9-10,13-14H,7-8,11-12H2,1-2H3,(H,24,25). The molecule has 1 N–H and O–H groups in total. The molecule has 3 nitrogen and oxygen atoms in total. The summed E-state index contributed by atoms with van der Waals surface area (Å²) < 4.78 is 5.38. The Morgan fingerprint density at radius 3 is 2.63 bits per heavy atom. The molecule has 2 aromatic carbocycles. The lowest BCUT2D eigenvalue weighted by Crippen LogP contribution is -2.24. The summed E-state index contributed by atoms with van der Waals surface area (Å²) in [5.74, 6) is 0.880. The highest BCUT2D eigenvalue weighted by Crippen LogP contribution is 2.41. The largest absolute Gasteiger partial charge is 0.497 e. The third-order valence-corrected chi connectivity index (χ3v) is 6.29. The number of benzene rings is 2. The van der Waals surface area contributed by atoms with Gasteiger partial charge in [0.15, 0.2) is 0 Å². The van der Waals surface area contributed by atoms with E-state index in [1.54, 1.807) is 18.4 Å². The molecule has 1 aliphatic rings. The molecule has 0 saturated carbocycles. The predicted octanol–water partition coefficient (Wildman–Crippen LogP) is 4.80. The Balaban J connectivity index is 1.46. The van der Waals surface area contributed by atoms with Crippen molar-refractivity contribution in [2.45, 2.75) is 26.2 Å². The fourth-order valence-corrected chi connectivity index (χ4v) is 4.68. The summed E-state index contributed by atoms with van der Waals surface area (Å²) >= 11 is 1.59. The zero-order chi connectivity index (χ0) is 18.8. The number of hydrogen-bond donors (Lipinski definition) is 1. The zero-order valence-corrected chi connectivity index (χ0v) is 16.5. The van der Waals surface area contributed by atoms with E-state index < -0.39 is 0 Å². The molecular formula is C23H23NO2S. The van der Waals surface area contributed by atoms with Gasteiger partial charge in [-0.15, -0.1) is 11.3 Å². The average Bonchev–Trinajstić information content (AvgIpc) is 3.14. The van der Waals surface area contributed by atoms with Crippen molar-refractivity contribution in [3.8, 4) is 16.2 Å². The summed E-state index contributed by atoms with van der Waals surface area (Å²) in [7, 11) is 1.69. The van der Waals surface area contributed by atoms with Gasteiger partial charge in [-0.05, 0) is 66.6 Å². The number of carbonyl (C=O) groups is 1. The van der Waals surface area contributed by atoms with Crippen LogP contribution in [0, 0.1) is 6.92 Å². The van der Waals surface area contributed by atoms with Gasteiger partial charge in [0.1, 0.15) is 5.75 Å². The van der Waals surface area contributed by atoms with E-state index in [1.807, 2.05) is 6.07 Å². The number of amides is 1. The number of fused-ring (bicyclic) bond motifs is 3. The van der Waals surface area contributed by atoms with Crippen LogP contribution in [0.25, 0.3) is 10.4 Å². The highest BCUT2D eigenvalue weighted by molar-refractivity contribution is 7.17. The molecule has 0 saturated heterocycles. The Kier molecular flexibility index (Phi) is 4.99. The van der Waals surface area contributed by atoms with E-state index in [9.17, 15) is 4.79 Å². The van der Waals surface area contributed by atoms with E-state index in [-0.39, 0.29) is 5.91 Å². The summed E-state index contributed by atoms with van der Waals surface area (Å²) in [5.41, 5.74) is 6.30. The molecule has 3 aromatic rings. The zero-order valence-electron chi connectivity index (χ0n) is 15.7. The van der Waals surface area contributed by atoms with Gasteiger partial charge in [0.25, 0.3) is 5.91 Å². The first-order valence-electron chi connectivity index (χ1n) is 9.28. The number of aryl methyl sites for hydroxylation is 3. The first-order chi connectivity index (χ1) is 13.1. The van der Waals surface area contributed by atoms with E-state index in [4.69, 9.17) is 4.74 Å². The quantitative estimate of drug-likeness (QED) is 0.693. The van der Waals surface area contributed by atoms with Crippen LogP contribution >= 0.6 is 11.3 Å². The van der Waals surface area contributed by atoms with Gasteiger partial charge in [0.05, 0.1) is 12.0 Å². The highest BCUT2D eigenvalue weighted by Gasteiger charge is 2.22. The maximum absolute atomic E-state index is 12.6. The smallest absolute Gasteiger partial charge is 0.261 e. The van der Waals surface area contributed by atoms with Crippen molar-refractivity contribution in [1.82, 2.24) is 5.32 Å². The molecule has 4 heteroatoms. The van der Waals surface area contributed by atoms with E-state index in [0.29, 0.717) is 6.54 Å². The number of thiophene rings is 1. The van der Waals surface area contributed by atoms with Gasteiger partial charge in [-0.3, -0.25) is 4.79 Å². The van der Waals surface area contributed by atoms with Crippen LogP contribution in [0.15, 0.2) is 48.5 Å². The minimum atomic E-state index is 0.0194. The summed E-state index contributed by atoms with van der Waals surface area (Å²) in [5, 5.41) is 3.06. The number of carbonyl (C=O) groups excluding carboxylic acids is 1. The molecule has 0 atom stereocenters. The van der Waals surface area contributed by atoms with Gasteiger partial charge >= 0.3 is 0 Å².